The first-order chi connectivity index (χ1) is 12.6. The predicted octanol–water partition coefficient (Wildman–Crippen LogP) is 6.33. The number of benzene rings is 2. The van der Waals surface area contributed by atoms with Gasteiger partial charge in [0.1, 0.15) is 23.3 Å². The van der Waals surface area contributed by atoms with E-state index in [1.165, 1.54) is 5.92 Å². The molecule has 0 amide bonds. The maximum atomic E-state index is 14.3. The lowest BCUT2D eigenvalue weighted by molar-refractivity contribution is -0.0696. The molecule has 142 valence electrons. The molecule has 0 aromatic heterocycles. The Labute approximate surface area is 151 Å². The van der Waals surface area contributed by atoms with Crippen molar-refractivity contribution in [3.8, 4) is 23.0 Å². The van der Waals surface area contributed by atoms with E-state index in [0.717, 1.165) is 18.1 Å². The van der Waals surface area contributed by atoms with Gasteiger partial charge in [-0.05, 0) is 55.2 Å². The van der Waals surface area contributed by atoms with Crippen LogP contribution in [-0.2, 0) is 6.42 Å². The second-order valence-corrected chi connectivity index (χ2v) is 5.60. The van der Waals surface area contributed by atoms with Gasteiger partial charge in [0.15, 0.2) is 0 Å². The van der Waals surface area contributed by atoms with E-state index < -0.39 is 46.1 Å². The van der Waals surface area contributed by atoms with E-state index in [-0.39, 0.29) is 0 Å². The van der Waals surface area contributed by atoms with E-state index in [2.05, 4.69) is 0 Å². The molecule has 27 heavy (non-hydrogen) atoms. The van der Waals surface area contributed by atoms with Gasteiger partial charge in [-0.3, -0.25) is 0 Å². The van der Waals surface area contributed by atoms with Crippen LogP contribution in [0, 0.1) is 35.1 Å². The predicted molar refractivity (Wildman–Crippen MR) is 87.8 cm³/mol. The number of hydrogen-bond acceptors (Lipinski definition) is 0. The van der Waals surface area contributed by atoms with Crippen molar-refractivity contribution in [3.05, 3.63) is 70.8 Å². The van der Waals surface area contributed by atoms with Gasteiger partial charge in [0, 0.05) is 5.92 Å². The zero-order valence-electron chi connectivity index (χ0n) is 14.0. The highest BCUT2D eigenvalue weighted by molar-refractivity contribution is 5.67. The molecule has 0 spiro atoms. The number of aryl methyl sites for hydroxylation is 1. The lowest BCUT2D eigenvalue weighted by atomic mass is 9.99. The van der Waals surface area contributed by atoms with Crippen molar-refractivity contribution in [3.63, 3.8) is 0 Å². The molecule has 0 unspecified atom stereocenters. The molecule has 0 aliphatic heterocycles. The van der Waals surface area contributed by atoms with Crippen LogP contribution >= 0.6 is 0 Å². The Balaban J connectivity index is 2.45. The highest BCUT2D eigenvalue weighted by atomic mass is 19.4. The summed E-state index contributed by atoms with van der Waals surface area (Å²) in [6, 6.07) is 3.19. The van der Waals surface area contributed by atoms with Gasteiger partial charge >= 0.3 is 6.18 Å². The monoisotopic (exact) mass is 386 g/mol. The summed E-state index contributed by atoms with van der Waals surface area (Å²) in [6.45, 7) is 1.80. The third-order valence-electron chi connectivity index (χ3n) is 3.60. The molecule has 0 radical (unpaired) electrons. The standard InChI is InChI=1S/C20H13F7/c1-2-3-4-5-12-8-17(23)19(18(24)9-12)13-10-15(21)14(16(22)11-13)6-7-20(25,26)27/h2-3,8-11H,4-5H2,1H3. The van der Waals surface area contributed by atoms with Crippen LogP contribution in [0.2, 0.25) is 0 Å². The van der Waals surface area contributed by atoms with Gasteiger partial charge in [0.2, 0.25) is 0 Å². The smallest absolute Gasteiger partial charge is 0.206 e. The third kappa shape index (κ3) is 5.36. The minimum atomic E-state index is -4.93. The zero-order valence-corrected chi connectivity index (χ0v) is 14.0. The van der Waals surface area contributed by atoms with E-state index in [9.17, 15) is 30.7 Å². The molecule has 0 saturated carbocycles. The van der Waals surface area contributed by atoms with Gasteiger partial charge in [0.05, 0.1) is 11.1 Å². The molecule has 0 fully saturated rings. The average molecular weight is 386 g/mol. The molecule has 2 aromatic rings. The summed E-state index contributed by atoms with van der Waals surface area (Å²) in [5.41, 5.74) is -1.91. The SMILES string of the molecule is CC=CCCc1cc(F)c(-c2cc(F)c(C#CC(F)(F)F)c(F)c2)c(F)c1. The van der Waals surface area contributed by atoms with Crippen LogP contribution in [0.5, 0.6) is 0 Å². The summed E-state index contributed by atoms with van der Waals surface area (Å²) in [7, 11) is 0. The molecular weight excluding hydrogens is 373 g/mol. The van der Waals surface area contributed by atoms with Crippen LogP contribution < -0.4 is 0 Å². The van der Waals surface area contributed by atoms with E-state index in [4.69, 9.17) is 0 Å². The van der Waals surface area contributed by atoms with Crippen LogP contribution in [0.25, 0.3) is 11.1 Å². The molecular formula is C20H13F7. The number of rotatable bonds is 4. The van der Waals surface area contributed by atoms with Crippen molar-refractivity contribution in [1.29, 1.82) is 0 Å². The Hall–Kier alpha value is -2.75. The Bertz CT molecular complexity index is 882. The van der Waals surface area contributed by atoms with Crippen molar-refractivity contribution in [2.24, 2.45) is 0 Å². The first kappa shape index (κ1) is 20.6. The molecule has 0 N–H and O–H groups in total. The molecule has 0 atom stereocenters. The van der Waals surface area contributed by atoms with Crippen LogP contribution in [0.15, 0.2) is 36.4 Å². The summed E-state index contributed by atoms with van der Waals surface area (Å²) in [5.74, 6) is -2.85. The summed E-state index contributed by atoms with van der Waals surface area (Å²) in [5, 5.41) is 0. The summed E-state index contributed by atoms with van der Waals surface area (Å²) >= 11 is 0. The van der Waals surface area contributed by atoms with E-state index in [1.54, 1.807) is 13.0 Å². The minimum Gasteiger partial charge on any atom is -0.206 e. The van der Waals surface area contributed by atoms with E-state index in [1.807, 2.05) is 6.08 Å². The molecule has 2 rings (SSSR count). The highest BCUT2D eigenvalue weighted by Gasteiger charge is 2.24. The second kappa shape index (κ2) is 8.30. The van der Waals surface area contributed by atoms with Crippen LogP contribution in [0.4, 0.5) is 30.7 Å². The number of hydrogen-bond donors (Lipinski definition) is 0. The lowest BCUT2D eigenvalue weighted by Crippen LogP contribution is -2.03. The van der Waals surface area contributed by atoms with E-state index in [0.29, 0.717) is 30.5 Å². The third-order valence-corrected chi connectivity index (χ3v) is 3.60. The topological polar surface area (TPSA) is 0 Å². The van der Waals surface area contributed by atoms with Crippen LogP contribution in [-0.4, -0.2) is 6.18 Å². The summed E-state index contributed by atoms with van der Waals surface area (Å²) < 4.78 is 92.7. The summed E-state index contributed by atoms with van der Waals surface area (Å²) in [4.78, 5) is 0. The Morgan fingerprint density at radius 2 is 1.44 bits per heavy atom. The minimum absolute atomic E-state index is 0.362. The highest BCUT2D eigenvalue weighted by Crippen LogP contribution is 2.30. The van der Waals surface area contributed by atoms with Crippen LogP contribution in [0.1, 0.15) is 24.5 Å². The fourth-order valence-corrected chi connectivity index (χ4v) is 2.43. The van der Waals surface area contributed by atoms with Gasteiger partial charge in [-0.15, -0.1) is 0 Å². The van der Waals surface area contributed by atoms with Gasteiger partial charge in [0.25, 0.3) is 0 Å². The molecule has 7 heteroatoms. The fraction of sp³-hybridized carbons (Fsp3) is 0.200. The van der Waals surface area contributed by atoms with Crippen molar-refractivity contribution >= 4 is 0 Å². The maximum absolute atomic E-state index is 14.3. The molecule has 0 saturated heterocycles. The number of alkyl halides is 3. The van der Waals surface area contributed by atoms with Crippen molar-refractivity contribution in [2.75, 3.05) is 0 Å². The molecule has 0 aliphatic rings. The number of allylic oxidation sites excluding steroid dienone is 2. The Morgan fingerprint density at radius 3 is 1.93 bits per heavy atom. The van der Waals surface area contributed by atoms with Crippen molar-refractivity contribution in [2.45, 2.75) is 25.9 Å². The molecule has 0 aliphatic carbocycles. The molecule has 0 heterocycles. The zero-order chi connectivity index (χ0) is 20.2. The Morgan fingerprint density at radius 1 is 0.889 bits per heavy atom. The first-order valence-corrected chi connectivity index (χ1v) is 7.80. The van der Waals surface area contributed by atoms with Gasteiger partial charge < -0.3 is 0 Å². The maximum Gasteiger partial charge on any atom is 0.458 e. The van der Waals surface area contributed by atoms with Gasteiger partial charge in [-0.1, -0.05) is 18.1 Å². The number of halogens is 7. The van der Waals surface area contributed by atoms with E-state index >= 15 is 0 Å². The summed E-state index contributed by atoms with van der Waals surface area (Å²) in [6.07, 6.45) is -0.401. The normalized spacial score (nSPS) is 11.6. The molecule has 0 bridgehead atoms. The van der Waals surface area contributed by atoms with Gasteiger partial charge in [-0.2, -0.15) is 13.2 Å². The average Bonchev–Trinajstić information content (AvgIpc) is 2.52. The second-order valence-electron chi connectivity index (χ2n) is 5.60. The van der Waals surface area contributed by atoms with Gasteiger partial charge in [-0.25, -0.2) is 17.6 Å². The Kier molecular flexibility index (Phi) is 6.32. The molecule has 0 nitrogen and oxygen atoms in total. The quantitative estimate of drug-likeness (QED) is 0.327. The fourth-order valence-electron chi connectivity index (χ4n) is 2.43. The largest absolute Gasteiger partial charge is 0.458 e. The lowest BCUT2D eigenvalue weighted by Gasteiger charge is -2.10. The van der Waals surface area contributed by atoms with Crippen LogP contribution in [0.3, 0.4) is 0 Å². The van der Waals surface area contributed by atoms with Crippen molar-refractivity contribution < 1.29 is 30.7 Å². The molecule has 2 aromatic carbocycles. The van der Waals surface area contributed by atoms with Crippen molar-refractivity contribution in [1.82, 2.24) is 0 Å². The first-order valence-electron chi connectivity index (χ1n) is 7.80.